The topological polar surface area (TPSA) is 50.2 Å². The maximum Gasteiger partial charge on any atom is 0.328 e. The third kappa shape index (κ3) is 3.01. The second kappa shape index (κ2) is 5.07. The number of hydrogen-bond donors (Lipinski definition) is 1. The van der Waals surface area contributed by atoms with Gasteiger partial charge in [0.05, 0.1) is 5.69 Å². The van der Waals surface area contributed by atoms with Crippen LogP contribution in [-0.2, 0) is 4.79 Å². The van der Waals surface area contributed by atoms with Crippen LogP contribution < -0.4 is 0 Å². The fraction of sp³-hybridized carbons (Fsp3) is 0. The Kier molecular flexibility index (Phi) is 3.31. The quantitative estimate of drug-likeness (QED) is 0.817. The number of carboxylic acid groups (broad SMARTS) is 1. The zero-order valence-corrected chi connectivity index (χ0v) is 9.08. The van der Waals surface area contributed by atoms with Crippen LogP contribution in [0.3, 0.4) is 0 Å². The molecule has 0 fully saturated rings. The molecule has 0 aliphatic rings. The summed E-state index contributed by atoms with van der Waals surface area (Å²) in [5, 5.41) is 8.51. The Labute approximate surface area is 99.1 Å². The van der Waals surface area contributed by atoms with Gasteiger partial charge in [-0.15, -0.1) is 0 Å². The molecule has 0 amide bonds. The maximum atomic E-state index is 10.4. The molecule has 0 saturated carbocycles. The van der Waals surface area contributed by atoms with Crippen LogP contribution in [0.15, 0.2) is 54.7 Å². The molecule has 2 aromatic rings. The number of hydrogen-bond acceptors (Lipinski definition) is 2. The van der Waals surface area contributed by atoms with Crippen molar-refractivity contribution in [2.24, 2.45) is 0 Å². The summed E-state index contributed by atoms with van der Waals surface area (Å²) in [5.74, 6) is -0.946. The fourth-order valence-electron chi connectivity index (χ4n) is 1.47. The van der Waals surface area contributed by atoms with Crippen molar-refractivity contribution in [3.05, 3.63) is 60.3 Å². The average molecular weight is 225 g/mol. The van der Waals surface area contributed by atoms with Gasteiger partial charge in [0.25, 0.3) is 0 Å². The lowest BCUT2D eigenvalue weighted by Gasteiger charge is -2.00. The molecule has 1 aromatic carbocycles. The van der Waals surface area contributed by atoms with E-state index in [9.17, 15) is 4.79 Å². The lowest BCUT2D eigenvalue weighted by Crippen LogP contribution is -1.86. The lowest BCUT2D eigenvalue weighted by atomic mass is 10.1. The molecule has 17 heavy (non-hydrogen) atoms. The van der Waals surface area contributed by atoms with E-state index < -0.39 is 5.97 Å². The van der Waals surface area contributed by atoms with Crippen LogP contribution in [0.1, 0.15) is 5.56 Å². The summed E-state index contributed by atoms with van der Waals surface area (Å²) in [6.45, 7) is 0. The highest BCUT2D eigenvalue weighted by Crippen LogP contribution is 2.17. The molecule has 0 aliphatic carbocycles. The molecular formula is C14H11NO2. The van der Waals surface area contributed by atoms with Crippen molar-refractivity contribution in [3.63, 3.8) is 0 Å². The van der Waals surface area contributed by atoms with Crippen molar-refractivity contribution >= 4 is 12.0 Å². The van der Waals surface area contributed by atoms with E-state index in [4.69, 9.17) is 5.11 Å². The maximum absolute atomic E-state index is 10.4. The third-order valence-electron chi connectivity index (χ3n) is 2.29. The first-order chi connectivity index (χ1) is 8.25. The third-order valence-corrected chi connectivity index (χ3v) is 2.29. The molecule has 0 atom stereocenters. The van der Waals surface area contributed by atoms with Gasteiger partial charge in [0.1, 0.15) is 0 Å². The van der Waals surface area contributed by atoms with Crippen molar-refractivity contribution in [3.8, 4) is 11.3 Å². The summed E-state index contributed by atoms with van der Waals surface area (Å²) >= 11 is 0. The Morgan fingerprint density at radius 1 is 1.12 bits per heavy atom. The minimum absolute atomic E-state index is 0.854. The monoisotopic (exact) mass is 225 g/mol. The molecule has 2 rings (SSSR count). The van der Waals surface area contributed by atoms with Gasteiger partial charge in [-0.05, 0) is 23.8 Å². The molecule has 1 heterocycles. The van der Waals surface area contributed by atoms with Crippen molar-refractivity contribution in [2.45, 2.75) is 0 Å². The van der Waals surface area contributed by atoms with Gasteiger partial charge in [0.15, 0.2) is 0 Å². The molecule has 3 heteroatoms. The minimum atomic E-state index is -0.946. The smallest absolute Gasteiger partial charge is 0.328 e. The number of nitrogens with zero attached hydrogens (tertiary/aromatic N) is 1. The van der Waals surface area contributed by atoms with Gasteiger partial charge >= 0.3 is 5.97 Å². The number of benzene rings is 1. The summed E-state index contributed by atoms with van der Waals surface area (Å²) in [6.07, 6.45) is 4.42. The highest BCUT2D eigenvalue weighted by Gasteiger charge is 1.97. The molecule has 1 aromatic heterocycles. The number of rotatable bonds is 3. The van der Waals surface area contributed by atoms with Gasteiger partial charge in [-0.3, -0.25) is 4.98 Å². The van der Waals surface area contributed by atoms with E-state index in [2.05, 4.69) is 4.98 Å². The summed E-state index contributed by atoms with van der Waals surface area (Å²) in [6, 6.07) is 13.3. The van der Waals surface area contributed by atoms with E-state index in [1.807, 2.05) is 42.5 Å². The van der Waals surface area contributed by atoms with E-state index in [1.54, 1.807) is 12.3 Å². The Hall–Kier alpha value is -2.42. The van der Waals surface area contributed by atoms with E-state index >= 15 is 0 Å². The van der Waals surface area contributed by atoms with Crippen LogP contribution in [0.5, 0.6) is 0 Å². The van der Waals surface area contributed by atoms with Crippen LogP contribution in [0.4, 0.5) is 0 Å². The zero-order valence-electron chi connectivity index (χ0n) is 9.08. The van der Waals surface area contributed by atoms with Crippen LogP contribution in [0.2, 0.25) is 0 Å². The number of carboxylic acids is 1. The molecule has 84 valence electrons. The molecule has 0 radical (unpaired) electrons. The zero-order chi connectivity index (χ0) is 12.1. The molecule has 3 nitrogen and oxygen atoms in total. The van der Waals surface area contributed by atoms with E-state index in [1.165, 1.54) is 0 Å². The largest absolute Gasteiger partial charge is 0.478 e. The summed E-state index contributed by atoms with van der Waals surface area (Å²) in [5.41, 5.74) is 2.77. The minimum Gasteiger partial charge on any atom is -0.478 e. The van der Waals surface area contributed by atoms with Crippen molar-refractivity contribution in [2.75, 3.05) is 0 Å². The van der Waals surface area contributed by atoms with Crippen molar-refractivity contribution in [1.29, 1.82) is 0 Å². The Morgan fingerprint density at radius 3 is 2.47 bits per heavy atom. The van der Waals surface area contributed by atoms with E-state index in [-0.39, 0.29) is 0 Å². The van der Waals surface area contributed by atoms with Gasteiger partial charge < -0.3 is 5.11 Å². The molecule has 0 spiro atoms. The highest BCUT2D eigenvalue weighted by molar-refractivity contribution is 5.85. The first-order valence-electron chi connectivity index (χ1n) is 5.18. The van der Waals surface area contributed by atoms with E-state index in [0.717, 1.165) is 22.9 Å². The summed E-state index contributed by atoms with van der Waals surface area (Å²) < 4.78 is 0. The van der Waals surface area contributed by atoms with Crippen LogP contribution in [-0.4, -0.2) is 16.1 Å². The van der Waals surface area contributed by atoms with Crippen LogP contribution in [0.25, 0.3) is 17.3 Å². The summed E-state index contributed by atoms with van der Waals surface area (Å²) in [4.78, 5) is 14.6. The molecule has 0 unspecified atom stereocenters. The Balaban J connectivity index is 2.22. The number of aromatic nitrogens is 1. The first kappa shape index (κ1) is 11.1. The first-order valence-corrected chi connectivity index (χ1v) is 5.18. The Morgan fingerprint density at radius 2 is 1.88 bits per heavy atom. The summed E-state index contributed by atoms with van der Waals surface area (Å²) in [7, 11) is 0. The van der Waals surface area contributed by atoms with Gasteiger partial charge in [0.2, 0.25) is 0 Å². The fourth-order valence-corrected chi connectivity index (χ4v) is 1.47. The van der Waals surface area contributed by atoms with Crippen LogP contribution in [0, 0.1) is 0 Å². The van der Waals surface area contributed by atoms with Crippen molar-refractivity contribution in [1.82, 2.24) is 4.98 Å². The molecule has 0 aliphatic heterocycles. The van der Waals surface area contributed by atoms with Gasteiger partial charge in [-0.1, -0.05) is 30.3 Å². The molecule has 1 N–H and O–H groups in total. The lowest BCUT2D eigenvalue weighted by molar-refractivity contribution is -0.131. The van der Waals surface area contributed by atoms with Gasteiger partial charge in [-0.25, -0.2) is 4.79 Å². The van der Waals surface area contributed by atoms with Crippen LogP contribution >= 0.6 is 0 Å². The predicted molar refractivity (Wildman–Crippen MR) is 66.3 cm³/mol. The predicted octanol–water partition coefficient (Wildman–Crippen LogP) is 2.85. The highest BCUT2D eigenvalue weighted by atomic mass is 16.4. The Bertz CT molecular complexity index is 530. The SMILES string of the molecule is O=C(O)/C=C/c1ccc(-c2ccccn2)cc1. The number of carbonyl (C=O) groups is 1. The standard InChI is InChI=1S/C14H11NO2/c16-14(17)9-6-11-4-7-12(8-5-11)13-3-1-2-10-15-13/h1-10H,(H,16,17)/b9-6+. The number of aliphatic carboxylic acids is 1. The second-order valence-electron chi connectivity index (χ2n) is 3.51. The average Bonchev–Trinajstić information content (AvgIpc) is 2.38. The number of pyridine rings is 1. The molecule has 0 saturated heterocycles. The van der Waals surface area contributed by atoms with Gasteiger partial charge in [0, 0.05) is 17.8 Å². The normalized spacial score (nSPS) is 10.6. The van der Waals surface area contributed by atoms with Gasteiger partial charge in [-0.2, -0.15) is 0 Å². The van der Waals surface area contributed by atoms with E-state index in [0.29, 0.717) is 0 Å². The molecule has 0 bridgehead atoms. The van der Waals surface area contributed by atoms with Crippen molar-refractivity contribution < 1.29 is 9.90 Å². The second-order valence-corrected chi connectivity index (χ2v) is 3.51. The molecular weight excluding hydrogens is 214 g/mol.